The molecule has 1 heterocycles. The van der Waals surface area contributed by atoms with Gasteiger partial charge in [0.2, 0.25) is 0 Å². The van der Waals surface area contributed by atoms with Gasteiger partial charge < -0.3 is 0 Å². The standard InChI is InChI=1S/C3H4B2O2/c1-3(2(6)7)4-5-3/h1H3,(H,6,7). The van der Waals surface area contributed by atoms with Gasteiger partial charge in [-0.15, -0.1) is 0 Å². The van der Waals surface area contributed by atoms with Gasteiger partial charge >= 0.3 is 41.6 Å². The summed E-state index contributed by atoms with van der Waals surface area (Å²) in [6, 6.07) is 0. The van der Waals surface area contributed by atoms with Crippen LogP contribution in [0.4, 0.5) is 0 Å². The zero-order chi connectivity index (χ0) is 5.49. The van der Waals surface area contributed by atoms with E-state index in [2.05, 4.69) is 0 Å². The van der Waals surface area contributed by atoms with Crippen molar-refractivity contribution in [3.05, 3.63) is 0 Å². The molecule has 0 atom stereocenters. The first-order valence-corrected chi connectivity index (χ1v) is 2.09. The fourth-order valence-electron chi connectivity index (χ4n) is 0.268. The summed E-state index contributed by atoms with van der Waals surface area (Å²) >= 11 is 0. The molecule has 34 valence electrons. The zero-order valence-corrected chi connectivity index (χ0v) is 4.01. The number of carbonyl (C=O) groups is 1. The fourth-order valence-corrected chi connectivity index (χ4v) is 0.268. The molecule has 0 spiro atoms. The summed E-state index contributed by atoms with van der Waals surface area (Å²) in [7, 11) is 0. The van der Waals surface area contributed by atoms with Crippen molar-refractivity contribution in [1.29, 1.82) is 0 Å². The number of hydrogen-bond acceptors (Lipinski definition) is 1. The molecule has 0 bridgehead atoms. The number of aliphatic carboxylic acids is 1. The van der Waals surface area contributed by atoms with Crippen LogP contribution in [-0.2, 0) is 4.79 Å². The van der Waals surface area contributed by atoms with Crippen LogP contribution in [0, 0.1) is 0 Å². The minimum absolute atomic E-state index is 0.583. The molecule has 2 nitrogen and oxygen atoms in total. The van der Waals surface area contributed by atoms with Crippen LogP contribution in [0.5, 0.6) is 0 Å². The van der Waals surface area contributed by atoms with Crippen LogP contribution in [-0.4, -0.2) is 24.7 Å². The van der Waals surface area contributed by atoms with E-state index in [1.54, 1.807) is 20.5 Å². The average molecular weight is 93.7 g/mol. The third-order valence-electron chi connectivity index (χ3n) is 1.13. The Balaban J connectivity index is 2.58. The number of carboxylic acid groups (broad SMARTS) is 1. The van der Waals surface area contributed by atoms with Crippen molar-refractivity contribution in [2.75, 3.05) is 0 Å². The predicted molar refractivity (Wildman–Crippen MR) is 27.5 cm³/mol. The summed E-state index contributed by atoms with van der Waals surface area (Å²) in [6.07, 6.45) is 0. The maximum atomic E-state index is 10.0. The van der Waals surface area contributed by atoms with Gasteiger partial charge in [0.25, 0.3) is 0 Å². The normalized spacial score (nSPS) is 19.6. The van der Waals surface area contributed by atoms with Gasteiger partial charge in [0.1, 0.15) is 0 Å². The van der Waals surface area contributed by atoms with Gasteiger partial charge in [0, 0.05) is 0 Å². The molecule has 0 amide bonds. The van der Waals surface area contributed by atoms with E-state index in [4.69, 9.17) is 5.11 Å². The van der Waals surface area contributed by atoms with Crippen molar-refractivity contribution in [3.63, 3.8) is 0 Å². The summed E-state index contributed by atoms with van der Waals surface area (Å²) in [4.78, 5) is 10.0. The van der Waals surface area contributed by atoms with Gasteiger partial charge in [-0.05, 0) is 0 Å². The molecule has 0 radical (unpaired) electrons. The van der Waals surface area contributed by atoms with Crippen molar-refractivity contribution >= 4 is 19.6 Å². The Hall–Kier alpha value is -0.400. The maximum absolute atomic E-state index is 10.0. The van der Waals surface area contributed by atoms with Crippen LogP contribution < -0.4 is 0 Å². The van der Waals surface area contributed by atoms with Crippen LogP contribution in [0.3, 0.4) is 0 Å². The summed E-state index contributed by atoms with van der Waals surface area (Å²) in [5.74, 6) is -0.757. The monoisotopic (exact) mass is 94.0 g/mol. The van der Waals surface area contributed by atoms with Gasteiger partial charge in [-0.1, -0.05) is 0 Å². The Labute approximate surface area is 42.6 Å². The molecule has 0 aliphatic carbocycles. The number of carboxylic acids is 1. The average Bonchev–Trinajstić information content (AvgIpc) is 2.21. The first kappa shape index (κ1) is 4.75. The minimum atomic E-state index is -0.757. The summed E-state index contributed by atoms with van der Waals surface area (Å²) < 4.78 is 0. The molecule has 0 saturated heterocycles. The van der Waals surface area contributed by atoms with Gasteiger partial charge in [0.15, 0.2) is 0 Å². The Morgan fingerprint density at radius 2 is 2.14 bits per heavy atom. The Morgan fingerprint density at radius 3 is 2.14 bits per heavy atom. The van der Waals surface area contributed by atoms with E-state index in [9.17, 15) is 4.79 Å². The first-order chi connectivity index (χ1) is 3.15. The predicted octanol–water partition coefficient (Wildman–Crippen LogP) is -0.456. The number of rotatable bonds is 1. The van der Waals surface area contributed by atoms with E-state index in [0.29, 0.717) is 0 Å². The van der Waals surface area contributed by atoms with Crippen molar-refractivity contribution in [1.82, 2.24) is 0 Å². The van der Waals surface area contributed by atoms with Crippen LogP contribution in [0.25, 0.3) is 0 Å². The molecule has 0 aromatic rings. The Bertz CT molecular complexity index is 134. The molecule has 1 aliphatic heterocycles. The zero-order valence-electron chi connectivity index (χ0n) is 4.01. The second-order valence-electron chi connectivity index (χ2n) is 1.92. The molecule has 0 unspecified atom stereocenters. The fraction of sp³-hybridized carbons (Fsp3) is 0.667. The van der Waals surface area contributed by atoms with Gasteiger partial charge in [-0.25, -0.2) is 0 Å². The SMILES string of the molecule is CC1(C(=O)O)B=B1. The Morgan fingerprint density at radius 1 is 1.71 bits per heavy atom. The summed E-state index contributed by atoms with van der Waals surface area (Å²) in [5.41, 5.74) is 0. The second-order valence-corrected chi connectivity index (χ2v) is 1.92. The van der Waals surface area contributed by atoms with Crippen LogP contribution in [0.2, 0.25) is 5.21 Å². The Kier molecular flexibility index (Phi) is 0.716. The van der Waals surface area contributed by atoms with E-state index in [0.717, 1.165) is 0 Å². The topological polar surface area (TPSA) is 37.3 Å². The second kappa shape index (κ2) is 1.05. The molecule has 7 heavy (non-hydrogen) atoms. The van der Waals surface area contributed by atoms with Gasteiger partial charge in [-0.2, -0.15) is 0 Å². The summed E-state index contributed by atoms with van der Waals surface area (Å²) in [6.45, 7) is 4.99. The summed E-state index contributed by atoms with van der Waals surface area (Å²) in [5, 5.41) is 7.67. The molecule has 0 saturated carbocycles. The third kappa shape index (κ3) is 0.646. The molecule has 1 rings (SSSR count). The van der Waals surface area contributed by atoms with Crippen molar-refractivity contribution in [3.8, 4) is 0 Å². The molecule has 0 aromatic heterocycles. The quantitative estimate of drug-likeness (QED) is 0.446. The van der Waals surface area contributed by atoms with Crippen molar-refractivity contribution < 1.29 is 9.90 Å². The van der Waals surface area contributed by atoms with E-state index < -0.39 is 11.2 Å². The molecule has 1 aliphatic rings. The number of hydrogen-bond donors (Lipinski definition) is 1. The van der Waals surface area contributed by atoms with E-state index in [1.165, 1.54) is 0 Å². The first-order valence-electron chi connectivity index (χ1n) is 2.09. The van der Waals surface area contributed by atoms with E-state index in [-0.39, 0.29) is 0 Å². The van der Waals surface area contributed by atoms with E-state index >= 15 is 0 Å². The molecule has 0 aromatic carbocycles. The van der Waals surface area contributed by atoms with Gasteiger partial charge in [0.05, 0.1) is 0 Å². The van der Waals surface area contributed by atoms with Crippen LogP contribution >= 0.6 is 0 Å². The van der Waals surface area contributed by atoms with Gasteiger partial charge in [-0.3, -0.25) is 0 Å². The van der Waals surface area contributed by atoms with Crippen LogP contribution in [0.15, 0.2) is 0 Å². The molecule has 4 heteroatoms. The van der Waals surface area contributed by atoms with Crippen molar-refractivity contribution in [2.24, 2.45) is 0 Å². The molecular formula is C3H4B2O2. The third-order valence-corrected chi connectivity index (χ3v) is 1.13. The molecule has 1 N–H and O–H groups in total. The van der Waals surface area contributed by atoms with Crippen molar-refractivity contribution in [2.45, 2.75) is 12.1 Å². The van der Waals surface area contributed by atoms with E-state index in [1.807, 2.05) is 0 Å². The molecule has 0 fully saturated rings. The molecular weight excluding hydrogens is 89.7 g/mol. The van der Waals surface area contributed by atoms with Crippen LogP contribution in [0.1, 0.15) is 6.92 Å².